The molecule has 0 aliphatic carbocycles. The van der Waals surface area contributed by atoms with Crippen molar-refractivity contribution >= 4 is 23.8 Å². The Morgan fingerprint density at radius 1 is 0.826 bits per heavy atom. The lowest BCUT2D eigenvalue weighted by molar-refractivity contribution is -0.170. The first-order chi connectivity index (χ1) is 21.9. The molecule has 0 atom stereocenters. The van der Waals surface area contributed by atoms with Gasteiger partial charge in [0.2, 0.25) is 5.91 Å². The maximum absolute atomic E-state index is 12.9. The maximum Gasteiger partial charge on any atom is 0.336 e. The number of pyridine rings is 1. The monoisotopic (exact) mass is 641 g/mol. The molecule has 4 N–H and O–H groups in total. The van der Waals surface area contributed by atoms with Crippen LogP contribution in [-0.4, -0.2) is 107 Å². The number of aliphatic carboxylic acids is 3. The van der Waals surface area contributed by atoms with Gasteiger partial charge in [0.1, 0.15) is 5.82 Å². The van der Waals surface area contributed by atoms with Gasteiger partial charge < -0.3 is 25.3 Å². The van der Waals surface area contributed by atoms with Crippen LogP contribution in [0.5, 0.6) is 0 Å². The minimum Gasteiger partial charge on any atom is -0.481 e. The molecule has 3 aliphatic rings. The number of likely N-dealkylation sites (tertiary alicyclic amines) is 2. The molecule has 0 unspecified atom stereocenters. The molecule has 5 heterocycles. The van der Waals surface area contributed by atoms with Crippen LogP contribution in [0.2, 0.25) is 0 Å². The Morgan fingerprint density at radius 2 is 1.43 bits per heavy atom. The largest absolute Gasteiger partial charge is 0.481 e. The second kappa shape index (κ2) is 15.9. The van der Waals surface area contributed by atoms with E-state index in [-0.39, 0.29) is 11.5 Å². The van der Waals surface area contributed by atoms with Gasteiger partial charge in [-0.05, 0) is 75.2 Å². The van der Waals surface area contributed by atoms with Gasteiger partial charge in [0.05, 0.1) is 25.1 Å². The van der Waals surface area contributed by atoms with Gasteiger partial charge in [-0.25, -0.2) is 9.78 Å². The normalized spacial score (nSPS) is 18.1. The summed E-state index contributed by atoms with van der Waals surface area (Å²) < 4.78 is 1.88. The van der Waals surface area contributed by atoms with Crippen LogP contribution in [0, 0.1) is 0 Å². The molecular formula is C32H43N5O9. The van der Waals surface area contributed by atoms with Crippen molar-refractivity contribution in [2.75, 3.05) is 32.7 Å². The summed E-state index contributed by atoms with van der Waals surface area (Å²) >= 11 is 0. The zero-order valence-corrected chi connectivity index (χ0v) is 25.9. The number of piperidine rings is 2. The van der Waals surface area contributed by atoms with E-state index in [2.05, 4.69) is 22.0 Å². The summed E-state index contributed by atoms with van der Waals surface area (Å²) in [6.07, 6.45) is 9.68. The number of amides is 1. The predicted molar refractivity (Wildman–Crippen MR) is 164 cm³/mol. The molecule has 2 fully saturated rings. The van der Waals surface area contributed by atoms with Crippen LogP contribution in [0.3, 0.4) is 0 Å². The van der Waals surface area contributed by atoms with E-state index in [9.17, 15) is 24.0 Å². The Morgan fingerprint density at radius 3 is 2.02 bits per heavy atom. The van der Waals surface area contributed by atoms with Crippen LogP contribution in [-0.2, 0) is 32.1 Å². The second-order valence-electron chi connectivity index (χ2n) is 12.4. The van der Waals surface area contributed by atoms with Gasteiger partial charge in [0.15, 0.2) is 5.60 Å². The Hall–Kier alpha value is -4.17. The van der Waals surface area contributed by atoms with Gasteiger partial charge in [0.25, 0.3) is 5.56 Å². The van der Waals surface area contributed by atoms with Gasteiger partial charge in [0, 0.05) is 50.4 Å². The summed E-state index contributed by atoms with van der Waals surface area (Å²) in [5, 5.41) is 33.8. The predicted octanol–water partition coefficient (Wildman–Crippen LogP) is 1.70. The molecule has 3 aliphatic heterocycles. The molecular weight excluding hydrogens is 598 g/mol. The Balaban J connectivity index is 0.000000315. The lowest BCUT2D eigenvalue weighted by Crippen LogP contribution is -2.45. The van der Waals surface area contributed by atoms with Gasteiger partial charge in [-0.3, -0.25) is 33.6 Å². The van der Waals surface area contributed by atoms with E-state index in [0.29, 0.717) is 18.4 Å². The summed E-state index contributed by atoms with van der Waals surface area (Å²) in [6, 6.07) is 5.97. The van der Waals surface area contributed by atoms with Crippen molar-refractivity contribution in [1.82, 2.24) is 24.3 Å². The van der Waals surface area contributed by atoms with E-state index < -0.39 is 36.4 Å². The van der Waals surface area contributed by atoms with E-state index >= 15 is 0 Å². The molecule has 0 aromatic carbocycles. The van der Waals surface area contributed by atoms with Crippen LogP contribution in [0.4, 0.5) is 0 Å². The molecule has 1 amide bonds. The van der Waals surface area contributed by atoms with Crippen molar-refractivity contribution in [2.24, 2.45) is 0 Å². The number of nitrogens with zero attached hydrogens (tertiary/aromatic N) is 5. The van der Waals surface area contributed by atoms with Crippen LogP contribution in [0.25, 0.3) is 0 Å². The van der Waals surface area contributed by atoms with Crippen LogP contribution in [0.15, 0.2) is 35.4 Å². The zero-order valence-electron chi connectivity index (χ0n) is 25.9. The minimum absolute atomic E-state index is 0.115. The fourth-order valence-corrected chi connectivity index (χ4v) is 6.43. The number of aryl methyl sites for hydroxylation is 1. The highest BCUT2D eigenvalue weighted by atomic mass is 16.4. The van der Waals surface area contributed by atoms with E-state index in [1.165, 1.54) is 12.0 Å². The van der Waals surface area contributed by atoms with Crippen LogP contribution in [0.1, 0.15) is 86.7 Å². The molecule has 46 heavy (non-hydrogen) atoms. The molecule has 5 rings (SSSR count). The molecule has 0 radical (unpaired) electrons. The number of aliphatic hydroxyl groups is 1. The van der Waals surface area contributed by atoms with E-state index in [4.69, 9.17) is 25.4 Å². The van der Waals surface area contributed by atoms with Crippen molar-refractivity contribution in [3.05, 3.63) is 58.0 Å². The molecule has 2 aromatic heterocycles. The van der Waals surface area contributed by atoms with Crippen LogP contribution < -0.4 is 5.56 Å². The van der Waals surface area contributed by atoms with Gasteiger partial charge >= 0.3 is 17.9 Å². The Labute approximate surface area is 266 Å². The fraction of sp³-hybridized carbons (Fsp3) is 0.594. The number of fused-ring (bicyclic) bond motifs is 1. The third kappa shape index (κ3) is 9.42. The highest BCUT2D eigenvalue weighted by Crippen LogP contribution is 2.29. The summed E-state index contributed by atoms with van der Waals surface area (Å²) in [4.78, 5) is 69.4. The van der Waals surface area contributed by atoms with Gasteiger partial charge in [-0.15, -0.1) is 0 Å². The summed E-state index contributed by atoms with van der Waals surface area (Å²) in [6.45, 7) is 4.78. The topological polar surface area (TPSA) is 203 Å². The van der Waals surface area contributed by atoms with E-state index in [1.807, 2.05) is 21.9 Å². The number of hydrogen-bond acceptors (Lipinski definition) is 9. The highest BCUT2D eigenvalue weighted by Gasteiger charge is 2.40. The SMILES string of the molecule is O=C(CN1CCC(c2cc(=O)n3c(n2)CCCCC3)CC1)N1CCC(c2ccncc2)CC1.O=C(O)CC(O)(CC(=O)O)C(=O)O. The average Bonchev–Trinajstić information content (AvgIpc) is 3.27. The van der Waals surface area contributed by atoms with Crippen molar-refractivity contribution in [1.29, 1.82) is 0 Å². The second-order valence-corrected chi connectivity index (χ2v) is 12.4. The molecule has 2 aromatic rings. The number of aromatic nitrogens is 3. The van der Waals surface area contributed by atoms with Crippen LogP contribution >= 0.6 is 0 Å². The quantitative estimate of drug-likeness (QED) is 0.309. The van der Waals surface area contributed by atoms with Crippen molar-refractivity contribution in [2.45, 2.75) is 88.2 Å². The first-order valence-electron chi connectivity index (χ1n) is 15.8. The lowest BCUT2D eigenvalue weighted by atomic mass is 9.90. The third-order valence-electron chi connectivity index (χ3n) is 9.06. The average molecular weight is 642 g/mol. The first-order valence-corrected chi connectivity index (χ1v) is 15.8. The zero-order chi connectivity index (χ0) is 33.3. The first kappa shape index (κ1) is 34.7. The van der Waals surface area contributed by atoms with Crippen molar-refractivity contribution in [3.63, 3.8) is 0 Å². The summed E-state index contributed by atoms with van der Waals surface area (Å²) in [7, 11) is 0. The van der Waals surface area contributed by atoms with Gasteiger partial charge in [-0.2, -0.15) is 0 Å². The lowest BCUT2D eigenvalue weighted by Gasteiger charge is -2.36. The fourth-order valence-electron chi connectivity index (χ4n) is 6.43. The Bertz CT molecular complexity index is 1420. The summed E-state index contributed by atoms with van der Waals surface area (Å²) in [5.74, 6) is -2.93. The number of hydrogen-bond donors (Lipinski definition) is 4. The molecule has 0 spiro atoms. The molecule has 14 nitrogen and oxygen atoms in total. The standard InChI is InChI=1S/C26H35N5O2.C6H8O7/c32-25-18-23(28-24-4-2-1-3-13-31(24)25)22-7-14-29(15-8-22)19-26(33)30-16-9-21(10-17-30)20-5-11-27-12-6-20;7-3(8)1-6(13,5(11)12)2-4(9)10/h5-6,11-12,18,21-22H,1-4,7-10,13-17,19H2;13H,1-2H2,(H,7,8)(H,9,10)(H,11,12). The van der Waals surface area contributed by atoms with Crippen molar-refractivity contribution < 1.29 is 39.6 Å². The number of carboxylic acids is 3. The molecule has 250 valence electrons. The number of carboxylic acid groups (broad SMARTS) is 3. The Kier molecular flexibility index (Phi) is 12.0. The molecule has 2 saturated heterocycles. The van der Waals surface area contributed by atoms with Crippen molar-refractivity contribution in [3.8, 4) is 0 Å². The third-order valence-corrected chi connectivity index (χ3v) is 9.06. The smallest absolute Gasteiger partial charge is 0.336 e. The molecule has 14 heteroatoms. The minimum atomic E-state index is -2.74. The highest BCUT2D eigenvalue weighted by molar-refractivity contribution is 5.88. The number of carbonyl (C=O) groups excluding carboxylic acids is 1. The number of carbonyl (C=O) groups is 4. The van der Waals surface area contributed by atoms with E-state index in [1.54, 1.807) is 6.07 Å². The maximum atomic E-state index is 12.9. The van der Waals surface area contributed by atoms with Gasteiger partial charge in [-0.1, -0.05) is 6.42 Å². The molecule has 0 saturated carbocycles. The number of rotatable bonds is 9. The summed E-state index contributed by atoms with van der Waals surface area (Å²) in [5.41, 5.74) is -0.315. The van der Waals surface area contributed by atoms with E-state index in [0.717, 1.165) is 89.2 Å². The molecule has 0 bridgehead atoms.